The maximum atomic E-state index is 12.2. The summed E-state index contributed by atoms with van der Waals surface area (Å²) < 4.78 is 46.2. The maximum absolute atomic E-state index is 12.2. The Bertz CT molecular complexity index is 710. The van der Waals surface area contributed by atoms with Crippen LogP contribution in [-0.2, 0) is 0 Å². The highest BCUT2D eigenvalue weighted by molar-refractivity contribution is 5.68. The fourth-order valence-corrected chi connectivity index (χ4v) is 2.86. The molecule has 0 unspecified atom stereocenters. The van der Waals surface area contributed by atoms with Gasteiger partial charge >= 0.3 is 6.36 Å². The number of rotatable bonds is 4. The second-order valence-electron chi connectivity index (χ2n) is 5.79. The van der Waals surface area contributed by atoms with E-state index in [-0.39, 0.29) is 11.5 Å². The van der Waals surface area contributed by atoms with Gasteiger partial charge < -0.3 is 19.5 Å². The number of para-hydroxylation sites is 1. The zero-order chi connectivity index (χ0) is 17.9. The van der Waals surface area contributed by atoms with E-state index in [9.17, 15) is 18.3 Å². The molecule has 7 heteroatoms. The highest BCUT2D eigenvalue weighted by atomic mass is 19.4. The fraction of sp³-hybridized carbons (Fsp3) is 0.333. The van der Waals surface area contributed by atoms with Crippen LogP contribution in [0.3, 0.4) is 0 Å². The van der Waals surface area contributed by atoms with Crippen molar-refractivity contribution in [2.45, 2.75) is 25.6 Å². The van der Waals surface area contributed by atoms with Crippen molar-refractivity contribution >= 4 is 5.69 Å². The Kier molecular flexibility index (Phi) is 4.92. The molecule has 3 rings (SSSR count). The highest BCUT2D eigenvalue weighted by Gasteiger charge is 2.31. The molecule has 2 aromatic carbocycles. The number of alkyl halides is 3. The lowest BCUT2D eigenvalue weighted by molar-refractivity contribution is -0.274. The predicted molar refractivity (Wildman–Crippen MR) is 87.4 cm³/mol. The fourth-order valence-electron chi connectivity index (χ4n) is 2.86. The van der Waals surface area contributed by atoms with Crippen molar-refractivity contribution < 1.29 is 27.8 Å². The summed E-state index contributed by atoms with van der Waals surface area (Å²) in [6.45, 7) is 1.65. The van der Waals surface area contributed by atoms with E-state index >= 15 is 0 Å². The summed E-state index contributed by atoms with van der Waals surface area (Å²) in [5.74, 6) is 0.633. The number of benzene rings is 2. The van der Waals surface area contributed by atoms with Crippen molar-refractivity contribution in [2.75, 3.05) is 18.0 Å². The monoisotopic (exact) mass is 353 g/mol. The molecule has 4 nitrogen and oxygen atoms in total. The van der Waals surface area contributed by atoms with Crippen molar-refractivity contribution in [2.24, 2.45) is 0 Å². The number of piperidine rings is 1. The SMILES string of the molecule is Oc1cccc(Oc2ccc(OC(F)(F)F)cc2)c1N1CCCCC1. The number of nitrogens with zero attached hydrogens (tertiary/aromatic N) is 1. The van der Waals surface area contributed by atoms with Crippen LogP contribution < -0.4 is 14.4 Å². The molecule has 0 amide bonds. The highest BCUT2D eigenvalue weighted by Crippen LogP contribution is 2.40. The molecule has 1 aliphatic rings. The molecule has 134 valence electrons. The van der Waals surface area contributed by atoms with Crippen LogP contribution in [0.5, 0.6) is 23.0 Å². The molecular formula is C18H18F3NO3. The molecule has 1 heterocycles. The molecule has 0 spiro atoms. The van der Waals surface area contributed by atoms with Crippen LogP contribution in [0.2, 0.25) is 0 Å². The molecule has 0 radical (unpaired) electrons. The zero-order valence-corrected chi connectivity index (χ0v) is 13.4. The molecule has 25 heavy (non-hydrogen) atoms. The van der Waals surface area contributed by atoms with Crippen LogP contribution in [-0.4, -0.2) is 24.6 Å². The minimum absolute atomic E-state index is 0.122. The van der Waals surface area contributed by atoms with Gasteiger partial charge in [-0.2, -0.15) is 0 Å². The Labute approximate surface area is 143 Å². The largest absolute Gasteiger partial charge is 0.573 e. The summed E-state index contributed by atoms with van der Waals surface area (Å²) >= 11 is 0. The van der Waals surface area contributed by atoms with Crippen molar-refractivity contribution in [1.29, 1.82) is 0 Å². The molecular weight excluding hydrogens is 335 g/mol. The summed E-state index contributed by atoms with van der Waals surface area (Å²) in [5, 5.41) is 10.2. The number of hydrogen-bond acceptors (Lipinski definition) is 4. The number of phenols is 1. The topological polar surface area (TPSA) is 41.9 Å². The van der Waals surface area contributed by atoms with Gasteiger partial charge in [0.25, 0.3) is 0 Å². The number of halogens is 3. The first-order valence-corrected chi connectivity index (χ1v) is 8.03. The standard InChI is InChI=1S/C18H18F3NO3/c19-18(20,21)25-14-9-7-13(8-10-14)24-16-6-4-5-15(23)17(16)22-11-2-1-3-12-22/h4-10,23H,1-3,11-12H2. The Morgan fingerprint density at radius 1 is 0.880 bits per heavy atom. The molecule has 0 bridgehead atoms. The van der Waals surface area contributed by atoms with E-state index < -0.39 is 6.36 Å². The first-order chi connectivity index (χ1) is 11.9. The van der Waals surface area contributed by atoms with Crippen LogP contribution in [0.1, 0.15) is 19.3 Å². The molecule has 1 saturated heterocycles. The lowest BCUT2D eigenvalue weighted by atomic mass is 10.1. The normalized spacial score (nSPS) is 15.1. The Morgan fingerprint density at radius 2 is 1.52 bits per heavy atom. The third-order valence-corrected chi connectivity index (χ3v) is 3.94. The average Bonchev–Trinajstić information content (AvgIpc) is 2.56. The predicted octanol–water partition coefficient (Wildman–Crippen LogP) is 5.07. The van der Waals surface area contributed by atoms with Crippen LogP contribution >= 0.6 is 0 Å². The third kappa shape index (κ3) is 4.49. The second-order valence-corrected chi connectivity index (χ2v) is 5.79. The number of aromatic hydroxyl groups is 1. The van der Waals surface area contributed by atoms with Gasteiger partial charge in [0.1, 0.15) is 22.9 Å². The third-order valence-electron chi connectivity index (χ3n) is 3.94. The van der Waals surface area contributed by atoms with Gasteiger partial charge in [-0.1, -0.05) is 6.07 Å². The number of phenolic OH excluding ortho intramolecular Hbond substituents is 1. The van der Waals surface area contributed by atoms with Gasteiger partial charge in [0.15, 0.2) is 5.75 Å². The second kappa shape index (κ2) is 7.13. The van der Waals surface area contributed by atoms with Gasteiger partial charge in [-0.05, 0) is 55.7 Å². The molecule has 1 N–H and O–H groups in total. The van der Waals surface area contributed by atoms with Gasteiger partial charge in [-0.3, -0.25) is 0 Å². The quantitative estimate of drug-likeness (QED) is 0.833. The van der Waals surface area contributed by atoms with Crippen LogP contribution in [0, 0.1) is 0 Å². The lowest BCUT2D eigenvalue weighted by Crippen LogP contribution is -2.29. The molecule has 0 aromatic heterocycles. The first-order valence-electron chi connectivity index (χ1n) is 8.03. The van der Waals surface area contributed by atoms with Gasteiger partial charge in [0.2, 0.25) is 0 Å². The minimum Gasteiger partial charge on any atom is -0.506 e. The molecule has 0 saturated carbocycles. The first kappa shape index (κ1) is 17.3. The van der Waals surface area contributed by atoms with Crippen molar-refractivity contribution in [3.8, 4) is 23.0 Å². The van der Waals surface area contributed by atoms with Gasteiger partial charge in [0, 0.05) is 13.1 Å². The van der Waals surface area contributed by atoms with E-state index in [0.717, 1.165) is 32.4 Å². The van der Waals surface area contributed by atoms with Crippen LogP contribution in [0.25, 0.3) is 0 Å². The van der Waals surface area contributed by atoms with Crippen molar-refractivity contribution in [3.05, 3.63) is 42.5 Å². The maximum Gasteiger partial charge on any atom is 0.573 e. The molecule has 0 atom stereocenters. The molecule has 1 aliphatic heterocycles. The van der Waals surface area contributed by atoms with E-state index in [1.165, 1.54) is 24.3 Å². The van der Waals surface area contributed by atoms with Crippen molar-refractivity contribution in [3.63, 3.8) is 0 Å². The summed E-state index contributed by atoms with van der Waals surface area (Å²) in [6.07, 6.45) is -1.50. The summed E-state index contributed by atoms with van der Waals surface area (Å²) in [7, 11) is 0. The van der Waals surface area contributed by atoms with E-state index in [2.05, 4.69) is 9.64 Å². The van der Waals surface area contributed by atoms with E-state index in [0.29, 0.717) is 17.2 Å². The van der Waals surface area contributed by atoms with Crippen LogP contribution in [0.4, 0.5) is 18.9 Å². The average molecular weight is 353 g/mol. The van der Waals surface area contributed by atoms with Gasteiger partial charge in [0.05, 0.1) is 0 Å². The molecule has 1 fully saturated rings. The van der Waals surface area contributed by atoms with Crippen molar-refractivity contribution in [1.82, 2.24) is 0 Å². The Balaban J connectivity index is 1.79. The summed E-state index contributed by atoms with van der Waals surface area (Å²) in [5.41, 5.74) is 0.609. The zero-order valence-electron chi connectivity index (χ0n) is 13.4. The van der Waals surface area contributed by atoms with E-state index in [4.69, 9.17) is 4.74 Å². The van der Waals surface area contributed by atoms with Gasteiger partial charge in [-0.15, -0.1) is 13.2 Å². The van der Waals surface area contributed by atoms with E-state index in [1.54, 1.807) is 18.2 Å². The summed E-state index contributed by atoms with van der Waals surface area (Å²) in [6, 6.07) is 10.1. The molecule has 2 aromatic rings. The van der Waals surface area contributed by atoms with Gasteiger partial charge in [-0.25, -0.2) is 0 Å². The van der Waals surface area contributed by atoms with Crippen LogP contribution in [0.15, 0.2) is 42.5 Å². The Morgan fingerprint density at radius 3 is 2.16 bits per heavy atom. The lowest BCUT2D eigenvalue weighted by Gasteiger charge is -2.30. The smallest absolute Gasteiger partial charge is 0.506 e. The Hall–Kier alpha value is -2.57. The minimum atomic E-state index is -4.73. The number of anilines is 1. The number of ether oxygens (including phenoxy) is 2. The number of hydrogen-bond donors (Lipinski definition) is 1. The van der Waals surface area contributed by atoms with E-state index in [1.807, 2.05) is 0 Å². The summed E-state index contributed by atoms with van der Waals surface area (Å²) in [4.78, 5) is 2.06. The molecule has 0 aliphatic carbocycles.